The van der Waals surface area contributed by atoms with Gasteiger partial charge < -0.3 is 4.90 Å². The summed E-state index contributed by atoms with van der Waals surface area (Å²) in [4.78, 5) is 3.68. The van der Waals surface area contributed by atoms with Crippen LogP contribution >= 0.6 is 36.6 Å². The van der Waals surface area contributed by atoms with E-state index in [0.29, 0.717) is 10.2 Å². The molecule has 4 rings (SSSR count). The van der Waals surface area contributed by atoms with E-state index in [0.717, 1.165) is 19.5 Å². The van der Waals surface area contributed by atoms with Crippen molar-refractivity contribution in [1.29, 1.82) is 0 Å². The third-order valence-corrected chi connectivity index (χ3v) is 7.11. The Morgan fingerprint density at radius 2 is 1.81 bits per heavy atom. The van der Waals surface area contributed by atoms with Gasteiger partial charge in [0, 0.05) is 23.7 Å². The highest BCUT2D eigenvalue weighted by atomic mass is 32.2. The normalized spacial score (nSPS) is 16.1. The Morgan fingerprint density at radius 3 is 2.67 bits per heavy atom. The topological polar surface area (TPSA) is 3.24 Å². The number of thiol groups is 1. The van der Waals surface area contributed by atoms with Crippen molar-refractivity contribution >= 4 is 51.7 Å². The molecule has 4 heteroatoms. The molecule has 1 heterocycles. The van der Waals surface area contributed by atoms with E-state index in [9.17, 15) is 0 Å². The van der Waals surface area contributed by atoms with Crippen LogP contribution in [0.15, 0.2) is 71.6 Å². The molecule has 0 N–H and O–H groups in total. The van der Waals surface area contributed by atoms with Crippen molar-refractivity contribution in [2.75, 3.05) is 12.3 Å². The van der Waals surface area contributed by atoms with E-state index in [1.807, 2.05) is 11.8 Å². The average Bonchev–Trinajstić information content (AvgIpc) is 2.70. The molecule has 0 radical (unpaired) electrons. The number of thiocarbonyl (C=S) groups is 1. The van der Waals surface area contributed by atoms with E-state index in [4.69, 9.17) is 12.2 Å². The first-order valence-electron chi connectivity index (χ1n) is 9.35. The third-order valence-electron chi connectivity index (χ3n) is 5.22. The molecule has 0 aliphatic carbocycles. The Morgan fingerprint density at radius 1 is 1.04 bits per heavy atom. The first-order chi connectivity index (χ1) is 13.2. The largest absolute Gasteiger partial charge is 0.353 e. The summed E-state index contributed by atoms with van der Waals surface area (Å²) in [6, 6.07) is 23.9. The van der Waals surface area contributed by atoms with E-state index >= 15 is 0 Å². The quantitative estimate of drug-likeness (QED) is 0.394. The first kappa shape index (κ1) is 18.9. The lowest BCUT2D eigenvalue weighted by molar-refractivity contribution is 0.375. The van der Waals surface area contributed by atoms with Gasteiger partial charge in [0.1, 0.15) is 4.32 Å². The minimum absolute atomic E-state index is 0.687. The Labute approximate surface area is 176 Å². The van der Waals surface area contributed by atoms with Crippen LogP contribution in [0, 0.1) is 5.92 Å². The Hall–Kier alpha value is -1.49. The number of fused-ring (bicyclic) bond motifs is 2. The Balaban J connectivity index is 1.40. The van der Waals surface area contributed by atoms with E-state index in [-0.39, 0.29) is 0 Å². The van der Waals surface area contributed by atoms with E-state index in [1.54, 1.807) is 0 Å². The van der Waals surface area contributed by atoms with Gasteiger partial charge in [0.05, 0.1) is 0 Å². The fourth-order valence-electron chi connectivity index (χ4n) is 3.71. The van der Waals surface area contributed by atoms with Gasteiger partial charge in [0.15, 0.2) is 0 Å². The van der Waals surface area contributed by atoms with Gasteiger partial charge >= 0.3 is 0 Å². The van der Waals surface area contributed by atoms with E-state index in [2.05, 4.69) is 84.3 Å². The molecule has 1 aliphatic heterocycles. The van der Waals surface area contributed by atoms with Crippen LogP contribution in [-0.2, 0) is 13.0 Å². The summed E-state index contributed by atoms with van der Waals surface area (Å²) >= 11 is 11.9. The molecule has 0 aromatic heterocycles. The van der Waals surface area contributed by atoms with Crippen molar-refractivity contribution in [3.63, 3.8) is 0 Å². The van der Waals surface area contributed by atoms with Gasteiger partial charge in [-0.1, -0.05) is 66.8 Å². The van der Waals surface area contributed by atoms with Crippen LogP contribution in [0.4, 0.5) is 0 Å². The van der Waals surface area contributed by atoms with Gasteiger partial charge in [-0.3, -0.25) is 0 Å². The number of hydrogen-bond acceptors (Lipinski definition) is 2. The fourth-order valence-corrected chi connectivity index (χ4v) is 5.25. The van der Waals surface area contributed by atoms with E-state index in [1.165, 1.54) is 39.0 Å². The molecule has 1 unspecified atom stereocenters. The molecular weight excluding hydrogens is 386 g/mol. The molecule has 0 saturated carbocycles. The molecule has 138 valence electrons. The second kappa shape index (κ2) is 8.68. The van der Waals surface area contributed by atoms with Crippen LogP contribution in [0.2, 0.25) is 0 Å². The first-order valence-corrected chi connectivity index (χ1v) is 11.2. The van der Waals surface area contributed by atoms with Crippen LogP contribution in [-0.4, -0.2) is 21.5 Å². The molecular formula is C23H23NS3. The summed E-state index contributed by atoms with van der Waals surface area (Å²) in [6.45, 7) is 1.78. The van der Waals surface area contributed by atoms with E-state index < -0.39 is 0 Å². The number of thioether (sulfide) groups is 1. The lowest BCUT2D eigenvalue weighted by Crippen LogP contribution is -2.29. The standard InChI is InChI=1S/C23H23NS3/c25-23(26)24(15-17-9-10-19-5-1-2-6-20(19)13-17)12-11-18-14-21-7-3-4-8-22(21)27-16-18/h1-10,13,18H,11-12,14-16H2,(H,25,26). The van der Waals surface area contributed by atoms with Crippen molar-refractivity contribution in [1.82, 2.24) is 4.90 Å². The molecule has 0 fully saturated rings. The predicted molar refractivity (Wildman–Crippen MR) is 125 cm³/mol. The summed E-state index contributed by atoms with van der Waals surface area (Å²) < 4.78 is 0.687. The second-order valence-corrected chi connectivity index (χ2v) is 9.34. The number of hydrogen-bond donors (Lipinski definition) is 1. The van der Waals surface area contributed by atoms with Crippen LogP contribution in [0.5, 0.6) is 0 Å². The lowest BCUT2D eigenvalue weighted by Gasteiger charge is -2.28. The maximum absolute atomic E-state index is 5.43. The minimum atomic E-state index is 0.687. The van der Waals surface area contributed by atoms with Gasteiger partial charge in [-0.15, -0.1) is 24.4 Å². The summed E-state index contributed by atoms with van der Waals surface area (Å²) in [7, 11) is 0. The van der Waals surface area contributed by atoms with Crippen molar-refractivity contribution in [3.05, 3.63) is 77.9 Å². The summed E-state index contributed by atoms with van der Waals surface area (Å²) in [6.07, 6.45) is 2.32. The predicted octanol–water partition coefficient (Wildman–Crippen LogP) is 6.21. The number of nitrogens with zero attached hydrogens (tertiary/aromatic N) is 1. The molecule has 3 aromatic rings. The number of benzene rings is 3. The van der Waals surface area contributed by atoms with Crippen molar-refractivity contribution in [3.8, 4) is 0 Å². The molecule has 1 aliphatic rings. The van der Waals surface area contributed by atoms with Gasteiger partial charge in [-0.05, 0) is 52.8 Å². The zero-order valence-electron chi connectivity index (χ0n) is 15.2. The molecule has 1 nitrogen and oxygen atoms in total. The zero-order chi connectivity index (χ0) is 18.6. The fraction of sp³-hybridized carbons (Fsp3) is 0.261. The molecule has 3 aromatic carbocycles. The average molecular weight is 410 g/mol. The van der Waals surface area contributed by atoms with Crippen molar-refractivity contribution in [2.45, 2.75) is 24.3 Å². The molecule has 0 amide bonds. The van der Waals surface area contributed by atoms with Crippen LogP contribution in [0.25, 0.3) is 10.8 Å². The third kappa shape index (κ3) is 4.68. The highest BCUT2D eigenvalue weighted by Crippen LogP contribution is 2.34. The van der Waals surface area contributed by atoms with Gasteiger partial charge in [-0.2, -0.15) is 0 Å². The molecule has 0 spiro atoms. The monoisotopic (exact) mass is 409 g/mol. The summed E-state index contributed by atoms with van der Waals surface area (Å²) in [5, 5.41) is 2.56. The lowest BCUT2D eigenvalue weighted by atomic mass is 9.97. The van der Waals surface area contributed by atoms with Gasteiger partial charge in [0.25, 0.3) is 0 Å². The molecule has 1 atom stereocenters. The highest BCUT2D eigenvalue weighted by Gasteiger charge is 2.20. The second-order valence-electron chi connectivity index (χ2n) is 7.16. The van der Waals surface area contributed by atoms with Gasteiger partial charge in [-0.25, -0.2) is 0 Å². The van der Waals surface area contributed by atoms with Crippen LogP contribution in [0.3, 0.4) is 0 Å². The highest BCUT2D eigenvalue weighted by molar-refractivity contribution is 8.10. The van der Waals surface area contributed by atoms with Gasteiger partial charge in [0.2, 0.25) is 0 Å². The smallest absolute Gasteiger partial charge is 0.133 e. The molecule has 0 saturated heterocycles. The maximum atomic E-state index is 5.43. The van der Waals surface area contributed by atoms with Crippen LogP contribution < -0.4 is 0 Å². The summed E-state index contributed by atoms with van der Waals surface area (Å²) in [5.74, 6) is 1.90. The SMILES string of the molecule is S=C(S)N(CCC1CSc2ccccc2C1)Cc1ccc2ccccc2c1. The summed E-state index contributed by atoms with van der Waals surface area (Å²) in [5.41, 5.74) is 2.78. The minimum Gasteiger partial charge on any atom is -0.353 e. The van der Waals surface area contributed by atoms with Crippen molar-refractivity contribution < 1.29 is 0 Å². The Bertz CT molecular complexity index is 953. The zero-order valence-corrected chi connectivity index (χ0v) is 17.7. The maximum Gasteiger partial charge on any atom is 0.133 e. The molecule has 27 heavy (non-hydrogen) atoms. The Kier molecular flexibility index (Phi) is 6.06. The van der Waals surface area contributed by atoms with Crippen LogP contribution in [0.1, 0.15) is 17.5 Å². The molecule has 0 bridgehead atoms. The van der Waals surface area contributed by atoms with Crippen molar-refractivity contribution in [2.24, 2.45) is 5.92 Å². The number of rotatable bonds is 5.